The number of nitrogens with zero attached hydrogens (tertiary/aromatic N) is 1. The Hall–Kier alpha value is -0.580. The van der Waals surface area contributed by atoms with E-state index in [-0.39, 0.29) is 0 Å². The van der Waals surface area contributed by atoms with E-state index >= 15 is 0 Å². The molecule has 4 heteroatoms. The molecule has 0 spiro atoms. The first-order valence-corrected chi connectivity index (χ1v) is 7.34. The number of methoxy groups -OCH3 is 1. The van der Waals surface area contributed by atoms with Gasteiger partial charge in [0.15, 0.2) is 0 Å². The molecule has 1 aliphatic rings. The molecule has 2 rings (SSSR count). The summed E-state index contributed by atoms with van der Waals surface area (Å²) in [6.07, 6.45) is 2.29. The first kappa shape index (κ1) is 13.8. The van der Waals surface area contributed by atoms with Crippen molar-refractivity contribution in [2.75, 3.05) is 39.8 Å². The molecule has 1 aromatic carbocycles. The van der Waals surface area contributed by atoms with Gasteiger partial charge in [-0.2, -0.15) is 0 Å². The minimum atomic E-state index is 0.992. The number of halogens is 1. The van der Waals surface area contributed by atoms with Crippen molar-refractivity contribution in [2.24, 2.45) is 0 Å². The second-order valence-corrected chi connectivity index (χ2v) is 5.57. The van der Waals surface area contributed by atoms with Crippen LogP contribution in [-0.2, 0) is 6.42 Å². The molecule has 1 N–H and O–H groups in total. The molecular formula is C14H21BrN2O. The standard InChI is InChI=1S/C14H21BrN2O/c1-18-14-4-3-13(15)11-12(14)5-9-17-8-2-6-16-7-10-17/h3-4,11,16H,2,5-10H2,1H3. The average molecular weight is 313 g/mol. The Kier molecular flexibility index (Phi) is 5.47. The quantitative estimate of drug-likeness (QED) is 0.923. The van der Waals surface area contributed by atoms with Crippen molar-refractivity contribution in [1.29, 1.82) is 0 Å². The lowest BCUT2D eigenvalue weighted by atomic mass is 10.1. The van der Waals surface area contributed by atoms with Crippen molar-refractivity contribution in [3.8, 4) is 5.75 Å². The minimum absolute atomic E-state index is 0.992. The van der Waals surface area contributed by atoms with Crippen LogP contribution in [0.15, 0.2) is 22.7 Å². The van der Waals surface area contributed by atoms with Crippen molar-refractivity contribution in [2.45, 2.75) is 12.8 Å². The number of rotatable bonds is 4. The van der Waals surface area contributed by atoms with Gasteiger partial charge in [0, 0.05) is 24.1 Å². The topological polar surface area (TPSA) is 24.5 Å². The Morgan fingerprint density at radius 1 is 1.33 bits per heavy atom. The molecule has 100 valence electrons. The van der Waals surface area contributed by atoms with Crippen LogP contribution >= 0.6 is 15.9 Å². The third kappa shape index (κ3) is 3.97. The lowest BCUT2D eigenvalue weighted by Crippen LogP contribution is -2.30. The Labute approximate surface area is 118 Å². The van der Waals surface area contributed by atoms with Crippen molar-refractivity contribution < 1.29 is 4.74 Å². The maximum absolute atomic E-state index is 5.41. The summed E-state index contributed by atoms with van der Waals surface area (Å²) < 4.78 is 6.53. The maximum Gasteiger partial charge on any atom is 0.122 e. The van der Waals surface area contributed by atoms with Gasteiger partial charge in [-0.25, -0.2) is 0 Å². The Morgan fingerprint density at radius 3 is 3.06 bits per heavy atom. The van der Waals surface area contributed by atoms with E-state index in [0.717, 1.165) is 42.8 Å². The summed E-state index contributed by atoms with van der Waals surface area (Å²) in [7, 11) is 1.74. The fraction of sp³-hybridized carbons (Fsp3) is 0.571. The van der Waals surface area contributed by atoms with Crippen molar-refractivity contribution >= 4 is 15.9 Å². The summed E-state index contributed by atoms with van der Waals surface area (Å²) in [6.45, 7) is 5.71. The summed E-state index contributed by atoms with van der Waals surface area (Å²) in [6, 6.07) is 6.22. The predicted octanol–water partition coefficient (Wildman–Crippen LogP) is 2.30. The van der Waals surface area contributed by atoms with Gasteiger partial charge >= 0.3 is 0 Å². The van der Waals surface area contributed by atoms with Crippen LogP contribution in [0.25, 0.3) is 0 Å². The maximum atomic E-state index is 5.41. The van der Waals surface area contributed by atoms with E-state index in [1.807, 2.05) is 12.1 Å². The molecule has 0 aliphatic carbocycles. The zero-order valence-corrected chi connectivity index (χ0v) is 12.5. The molecule has 0 aromatic heterocycles. The van der Waals surface area contributed by atoms with Gasteiger partial charge in [0.05, 0.1) is 7.11 Å². The lowest BCUT2D eigenvalue weighted by Gasteiger charge is -2.20. The summed E-state index contributed by atoms with van der Waals surface area (Å²) in [4.78, 5) is 2.53. The number of hydrogen-bond acceptors (Lipinski definition) is 3. The first-order valence-electron chi connectivity index (χ1n) is 6.55. The highest BCUT2D eigenvalue weighted by molar-refractivity contribution is 9.10. The van der Waals surface area contributed by atoms with Gasteiger partial charge in [0.2, 0.25) is 0 Å². The molecule has 0 radical (unpaired) electrons. The summed E-state index contributed by atoms with van der Waals surface area (Å²) >= 11 is 3.52. The van der Waals surface area contributed by atoms with Gasteiger partial charge in [0.25, 0.3) is 0 Å². The molecule has 3 nitrogen and oxygen atoms in total. The molecule has 18 heavy (non-hydrogen) atoms. The van der Waals surface area contributed by atoms with Crippen LogP contribution < -0.4 is 10.1 Å². The second-order valence-electron chi connectivity index (χ2n) is 4.65. The third-order valence-corrected chi connectivity index (χ3v) is 3.87. The van der Waals surface area contributed by atoms with E-state index in [1.54, 1.807) is 7.11 Å². The van der Waals surface area contributed by atoms with Crippen LogP contribution in [0.1, 0.15) is 12.0 Å². The van der Waals surface area contributed by atoms with E-state index in [0.29, 0.717) is 0 Å². The average Bonchev–Trinajstić information content (AvgIpc) is 2.65. The molecule has 0 saturated carbocycles. The van der Waals surface area contributed by atoms with Crippen LogP contribution in [0.3, 0.4) is 0 Å². The van der Waals surface area contributed by atoms with Gasteiger partial charge in [-0.15, -0.1) is 0 Å². The lowest BCUT2D eigenvalue weighted by molar-refractivity contribution is 0.294. The predicted molar refractivity (Wildman–Crippen MR) is 78.3 cm³/mol. The van der Waals surface area contributed by atoms with E-state index in [4.69, 9.17) is 4.74 Å². The van der Waals surface area contributed by atoms with Crippen LogP contribution in [-0.4, -0.2) is 44.7 Å². The Bertz CT molecular complexity index is 376. The van der Waals surface area contributed by atoms with Crippen molar-refractivity contribution in [3.63, 3.8) is 0 Å². The molecule has 1 saturated heterocycles. The van der Waals surface area contributed by atoms with Gasteiger partial charge in [-0.1, -0.05) is 15.9 Å². The molecule has 0 amide bonds. The smallest absolute Gasteiger partial charge is 0.122 e. The van der Waals surface area contributed by atoms with Crippen LogP contribution in [0.5, 0.6) is 5.75 Å². The molecule has 1 fully saturated rings. The fourth-order valence-electron chi connectivity index (χ4n) is 2.35. The second kappa shape index (κ2) is 7.12. The van der Waals surface area contributed by atoms with E-state index in [1.165, 1.54) is 18.5 Å². The summed E-state index contributed by atoms with van der Waals surface area (Å²) in [5, 5.41) is 3.43. The monoisotopic (exact) mass is 312 g/mol. The van der Waals surface area contributed by atoms with Crippen LogP contribution in [0.2, 0.25) is 0 Å². The summed E-state index contributed by atoms with van der Waals surface area (Å²) in [5.74, 6) is 0.992. The molecule has 1 heterocycles. The molecule has 0 unspecified atom stereocenters. The first-order chi connectivity index (χ1) is 8.79. The van der Waals surface area contributed by atoms with Crippen molar-refractivity contribution in [1.82, 2.24) is 10.2 Å². The molecule has 0 atom stereocenters. The van der Waals surface area contributed by atoms with Crippen LogP contribution in [0.4, 0.5) is 0 Å². The molecular weight excluding hydrogens is 292 g/mol. The minimum Gasteiger partial charge on any atom is -0.496 e. The normalized spacial score (nSPS) is 17.4. The largest absolute Gasteiger partial charge is 0.496 e. The summed E-state index contributed by atoms with van der Waals surface area (Å²) in [5.41, 5.74) is 1.28. The number of benzene rings is 1. The van der Waals surface area contributed by atoms with Gasteiger partial charge in [0.1, 0.15) is 5.75 Å². The molecule has 0 bridgehead atoms. The Morgan fingerprint density at radius 2 is 2.22 bits per heavy atom. The highest BCUT2D eigenvalue weighted by Crippen LogP contribution is 2.23. The molecule has 1 aromatic rings. The SMILES string of the molecule is COc1ccc(Br)cc1CCN1CCCNCC1. The third-order valence-electron chi connectivity index (χ3n) is 3.37. The van der Waals surface area contributed by atoms with Gasteiger partial charge in [-0.05, 0) is 49.7 Å². The highest BCUT2D eigenvalue weighted by Gasteiger charge is 2.10. The van der Waals surface area contributed by atoms with Gasteiger partial charge in [-0.3, -0.25) is 0 Å². The highest BCUT2D eigenvalue weighted by atomic mass is 79.9. The fourth-order valence-corrected chi connectivity index (χ4v) is 2.75. The molecule has 1 aliphatic heterocycles. The van der Waals surface area contributed by atoms with E-state index in [2.05, 4.69) is 32.2 Å². The van der Waals surface area contributed by atoms with E-state index in [9.17, 15) is 0 Å². The van der Waals surface area contributed by atoms with E-state index < -0.39 is 0 Å². The number of nitrogens with one attached hydrogen (secondary N) is 1. The van der Waals surface area contributed by atoms with Crippen molar-refractivity contribution in [3.05, 3.63) is 28.2 Å². The Balaban J connectivity index is 1.94. The number of hydrogen-bond donors (Lipinski definition) is 1. The number of ether oxygens (including phenoxy) is 1. The van der Waals surface area contributed by atoms with Gasteiger partial charge < -0.3 is 15.0 Å². The van der Waals surface area contributed by atoms with Crippen LogP contribution in [0, 0.1) is 0 Å². The zero-order chi connectivity index (χ0) is 12.8. The zero-order valence-electron chi connectivity index (χ0n) is 10.9.